The highest BCUT2D eigenvalue weighted by molar-refractivity contribution is 7.99. The number of aryl methyl sites for hydroxylation is 1. The van der Waals surface area contributed by atoms with E-state index in [-0.39, 0.29) is 18.3 Å². The second-order valence-corrected chi connectivity index (χ2v) is 11.3. The van der Waals surface area contributed by atoms with Crippen molar-refractivity contribution in [2.45, 2.75) is 43.7 Å². The highest BCUT2D eigenvalue weighted by atomic mass is 32.2. The number of thioether (sulfide) groups is 1. The Hall–Kier alpha value is -2.64. The third-order valence-electron chi connectivity index (χ3n) is 8.14. The quantitative estimate of drug-likeness (QED) is 0.516. The smallest absolute Gasteiger partial charge is 0.238 e. The van der Waals surface area contributed by atoms with E-state index in [9.17, 15) is 4.79 Å². The Bertz CT molecular complexity index is 1240. The van der Waals surface area contributed by atoms with E-state index >= 15 is 4.39 Å². The molecule has 2 aromatic carbocycles. The number of likely N-dealkylation sites (tertiary alicyclic amines) is 1. The number of piperidine rings is 1. The summed E-state index contributed by atoms with van der Waals surface area (Å²) >= 11 is 2.05. The second kappa shape index (κ2) is 9.10. The van der Waals surface area contributed by atoms with Gasteiger partial charge in [0, 0.05) is 36.1 Å². The predicted octanol–water partition coefficient (Wildman–Crippen LogP) is 5.00. The molecule has 3 aliphatic heterocycles. The lowest BCUT2D eigenvalue weighted by Crippen LogP contribution is -2.51. The molecular formula is C28H31FN4OS. The molecule has 0 N–H and O–H groups in total. The summed E-state index contributed by atoms with van der Waals surface area (Å²) in [4.78, 5) is 18.4. The minimum absolute atomic E-state index is 0.133. The minimum atomic E-state index is -0.483. The molecule has 0 saturated carbocycles. The van der Waals surface area contributed by atoms with Gasteiger partial charge in [-0.3, -0.25) is 9.48 Å². The van der Waals surface area contributed by atoms with E-state index in [1.165, 1.54) is 24.3 Å². The van der Waals surface area contributed by atoms with Gasteiger partial charge in [-0.05, 0) is 73.5 Å². The molecule has 1 amide bonds. The Morgan fingerprint density at radius 2 is 1.86 bits per heavy atom. The predicted molar refractivity (Wildman–Crippen MR) is 139 cm³/mol. The molecule has 0 atom stereocenters. The van der Waals surface area contributed by atoms with Crippen molar-refractivity contribution in [3.8, 4) is 11.1 Å². The van der Waals surface area contributed by atoms with Crippen molar-refractivity contribution >= 4 is 23.4 Å². The number of fused-ring (bicyclic) bond motifs is 2. The molecule has 5 nitrogen and oxygen atoms in total. The van der Waals surface area contributed by atoms with Gasteiger partial charge in [-0.2, -0.15) is 16.9 Å². The zero-order valence-electron chi connectivity index (χ0n) is 20.1. The number of hydrogen-bond acceptors (Lipinski definition) is 4. The SMILES string of the molecule is Cn1cc(-c2ccc(CN3C(=O)C4(CCN(C5CCSCC5)CC4)c4ccccc43)c(F)c2)cn1. The van der Waals surface area contributed by atoms with Crippen LogP contribution in [0, 0.1) is 5.82 Å². The number of aromatic nitrogens is 2. The zero-order valence-corrected chi connectivity index (χ0v) is 20.9. The van der Waals surface area contributed by atoms with Crippen LogP contribution in [-0.4, -0.2) is 51.2 Å². The number of anilines is 1. The van der Waals surface area contributed by atoms with Crippen LogP contribution in [0.1, 0.15) is 36.8 Å². The van der Waals surface area contributed by atoms with Crippen molar-refractivity contribution in [2.24, 2.45) is 7.05 Å². The lowest BCUT2D eigenvalue weighted by Gasteiger charge is -2.43. The van der Waals surface area contributed by atoms with E-state index < -0.39 is 5.41 Å². The number of para-hydroxylation sites is 1. The third-order valence-corrected chi connectivity index (χ3v) is 9.19. The molecule has 3 aliphatic rings. The normalized spacial score (nSPS) is 20.5. The standard InChI is InChI=1S/C28H31FN4OS/c1-31-18-22(17-30-31)20-6-7-21(25(29)16-20)19-33-26-5-3-2-4-24(26)28(27(33)34)10-12-32(13-11-28)23-8-14-35-15-9-23/h2-7,16-18,23H,8-15,19H2,1H3. The molecule has 0 aliphatic carbocycles. The topological polar surface area (TPSA) is 41.4 Å². The largest absolute Gasteiger partial charge is 0.307 e. The van der Waals surface area contributed by atoms with Crippen LogP contribution in [0.4, 0.5) is 10.1 Å². The van der Waals surface area contributed by atoms with Crippen molar-refractivity contribution < 1.29 is 9.18 Å². The lowest BCUT2D eigenvalue weighted by atomic mass is 9.73. The van der Waals surface area contributed by atoms with E-state index in [1.54, 1.807) is 16.9 Å². The number of benzene rings is 2. The molecule has 4 heterocycles. The molecule has 1 aromatic heterocycles. The number of hydrogen-bond donors (Lipinski definition) is 0. The highest BCUT2D eigenvalue weighted by Gasteiger charge is 2.52. The van der Waals surface area contributed by atoms with Gasteiger partial charge in [0.15, 0.2) is 0 Å². The lowest BCUT2D eigenvalue weighted by molar-refractivity contribution is -0.125. The van der Waals surface area contributed by atoms with Crippen molar-refractivity contribution in [2.75, 3.05) is 29.5 Å². The second-order valence-electron chi connectivity index (χ2n) is 10.1. The summed E-state index contributed by atoms with van der Waals surface area (Å²) in [6.07, 6.45) is 7.79. The maximum absolute atomic E-state index is 15.2. The van der Waals surface area contributed by atoms with Gasteiger partial charge in [0.25, 0.3) is 0 Å². The van der Waals surface area contributed by atoms with E-state index in [0.717, 1.165) is 48.3 Å². The van der Waals surface area contributed by atoms with Crippen LogP contribution in [0.15, 0.2) is 54.9 Å². The summed E-state index contributed by atoms with van der Waals surface area (Å²) in [5.74, 6) is 2.33. The Morgan fingerprint density at radius 3 is 2.57 bits per heavy atom. The van der Waals surface area contributed by atoms with E-state index in [1.807, 2.05) is 48.5 Å². The maximum Gasteiger partial charge on any atom is 0.238 e. The van der Waals surface area contributed by atoms with Crippen molar-refractivity contribution in [1.29, 1.82) is 0 Å². The molecule has 6 rings (SSSR count). The van der Waals surface area contributed by atoms with Crippen LogP contribution in [0.25, 0.3) is 11.1 Å². The first-order valence-corrected chi connectivity index (χ1v) is 13.7. The molecule has 3 aromatic rings. The minimum Gasteiger partial charge on any atom is -0.307 e. The molecular weight excluding hydrogens is 459 g/mol. The molecule has 35 heavy (non-hydrogen) atoms. The fourth-order valence-corrected chi connectivity index (χ4v) is 7.24. The summed E-state index contributed by atoms with van der Waals surface area (Å²) < 4.78 is 16.9. The van der Waals surface area contributed by atoms with E-state index in [2.05, 4.69) is 27.8 Å². The number of halogens is 1. The molecule has 0 radical (unpaired) electrons. The van der Waals surface area contributed by atoms with Crippen LogP contribution in [-0.2, 0) is 23.8 Å². The summed E-state index contributed by atoms with van der Waals surface area (Å²) in [5.41, 5.74) is 3.78. The first-order valence-electron chi connectivity index (χ1n) is 12.6. The number of carbonyl (C=O) groups excluding carboxylic acids is 1. The summed E-state index contributed by atoms with van der Waals surface area (Å²) in [5, 5.41) is 4.18. The van der Waals surface area contributed by atoms with E-state index in [0.29, 0.717) is 11.6 Å². The Labute approximate surface area is 210 Å². The van der Waals surface area contributed by atoms with Gasteiger partial charge in [0.05, 0.1) is 18.2 Å². The molecule has 0 unspecified atom stereocenters. The van der Waals surface area contributed by atoms with Crippen molar-refractivity contribution in [1.82, 2.24) is 14.7 Å². The fourth-order valence-electron chi connectivity index (χ4n) is 6.15. The van der Waals surface area contributed by atoms with Crippen LogP contribution in [0.3, 0.4) is 0 Å². The number of amides is 1. The first-order chi connectivity index (χ1) is 17.0. The number of nitrogens with zero attached hydrogens (tertiary/aromatic N) is 4. The number of carbonyl (C=O) groups is 1. The number of rotatable bonds is 4. The summed E-state index contributed by atoms with van der Waals surface area (Å²) in [6, 6.07) is 14.1. The average Bonchev–Trinajstić information content (AvgIpc) is 3.42. The highest BCUT2D eigenvalue weighted by Crippen LogP contribution is 2.49. The van der Waals surface area contributed by atoms with Gasteiger partial charge in [-0.25, -0.2) is 4.39 Å². The average molecular weight is 491 g/mol. The van der Waals surface area contributed by atoms with Gasteiger partial charge in [0.1, 0.15) is 5.82 Å². The molecule has 2 fully saturated rings. The molecule has 1 spiro atoms. The zero-order chi connectivity index (χ0) is 24.0. The van der Waals surface area contributed by atoms with Crippen LogP contribution in [0.5, 0.6) is 0 Å². The van der Waals surface area contributed by atoms with Crippen molar-refractivity contribution in [3.05, 3.63) is 71.8 Å². The van der Waals surface area contributed by atoms with Gasteiger partial charge in [-0.15, -0.1) is 0 Å². The third kappa shape index (κ3) is 3.99. The Balaban J connectivity index is 1.25. The van der Waals surface area contributed by atoms with Gasteiger partial charge < -0.3 is 9.80 Å². The summed E-state index contributed by atoms with van der Waals surface area (Å²) in [7, 11) is 1.85. The molecule has 182 valence electrons. The monoisotopic (exact) mass is 490 g/mol. The molecule has 7 heteroatoms. The van der Waals surface area contributed by atoms with Gasteiger partial charge >= 0.3 is 0 Å². The fraction of sp³-hybridized carbons (Fsp3) is 0.429. The van der Waals surface area contributed by atoms with Gasteiger partial charge in [-0.1, -0.05) is 30.3 Å². The summed E-state index contributed by atoms with van der Waals surface area (Å²) in [6.45, 7) is 2.16. The first kappa shape index (κ1) is 22.8. The van der Waals surface area contributed by atoms with Crippen LogP contribution < -0.4 is 4.90 Å². The van der Waals surface area contributed by atoms with Crippen molar-refractivity contribution in [3.63, 3.8) is 0 Å². The van der Waals surface area contributed by atoms with Crippen LogP contribution in [0.2, 0.25) is 0 Å². The molecule has 2 saturated heterocycles. The Kier molecular flexibility index (Phi) is 5.93. The molecule has 0 bridgehead atoms. The van der Waals surface area contributed by atoms with Crippen LogP contribution >= 0.6 is 11.8 Å². The Morgan fingerprint density at radius 1 is 1.09 bits per heavy atom. The maximum atomic E-state index is 15.2. The van der Waals surface area contributed by atoms with E-state index in [4.69, 9.17) is 0 Å². The van der Waals surface area contributed by atoms with Gasteiger partial charge in [0.2, 0.25) is 5.91 Å².